The third-order valence-corrected chi connectivity index (χ3v) is 5.70. The maximum atomic E-state index is 12.4. The van der Waals surface area contributed by atoms with Crippen molar-refractivity contribution in [2.45, 2.75) is 64.1 Å². The third-order valence-electron chi connectivity index (χ3n) is 3.75. The van der Waals surface area contributed by atoms with Gasteiger partial charge in [0.1, 0.15) is 5.60 Å². The molecule has 7 heteroatoms. The Kier molecular flexibility index (Phi) is 5.25. The van der Waals surface area contributed by atoms with Crippen LogP contribution in [-0.2, 0) is 32.5 Å². The van der Waals surface area contributed by atoms with Crippen LogP contribution in [0.3, 0.4) is 0 Å². The lowest BCUT2D eigenvalue weighted by Gasteiger charge is -2.22. The zero-order chi connectivity index (χ0) is 18.0. The molecule has 0 saturated heterocycles. The Morgan fingerprint density at radius 3 is 2.29 bits per heavy atom. The lowest BCUT2D eigenvalue weighted by Crippen LogP contribution is -2.43. The average Bonchev–Trinajstić information content (AvgIpc) is 3.24. The van der Waals surface area contributed by atoms with Gasteiger partial charge in [0.25, 0.3) is 10.0 Å². The number of benzene rings is 1. The third kappa shape index (κ3) is 4.48. The van der Waals surface area contributed by atoms with Gasteiger partial charge in [-0.1, -0.05) is 31.2 Å². The summed E-state index contributed by atoms with van der Waals surface area (Å²) in [6.07, 6.45) is 0.584. The van der Waals surface area contributed by atoms with Crippen molar-refractivity contribution in [3.8, 4) is 0 Å². The summed E-state index contributed by atoms with van der Waals surface area (Å²) in [5, 5.41) is 0. The second kappa shape index (κ2) is 6.72. The maximum absolute atomic E-state index is 12.4. The average molecular weight is 355 g/mol. The van der Waals surface area contributed by atoms with Gasteiger partial charge < -0.3 is 9.47 Å². The predicted molar refractivity (Wildman–Crippen MR) is 90.9 cm³/mol. The molecule has 1 amide bonds. The smallest absolute Gasteiger partial charge is 0.421 e. The van der Waals surface area contributed by atoms with Crippen LogP contribution in [0.15, 0.2) is 24.3 Å². The molecule has 1 saturated carbocycles. The standard InChI is InChI=1S/C17H25NO5S/c1-5-13-8-6-7-9-14(13)12-22-17(10-11-17)24(20,21)18-15(19)23-16(2,3)4/h6-9H,5,10-12H2,1-4H3,(H,18,19). The molecule has 1 fully saturated rings. The van der Waals surface area contributed by atoms with E-state index in [0.717, 1.165) is 17.5 Å². The number of sulfonamides is 1. The minimum absolute atomic E-state index is 0.194. The van der Waals surface area contributed by atoms with E-state index in [4.69, 9.17) is 9.47 Å². The van der Waals surface area contributed by atoms with E-state index >= 15 is 0 Å². The number of nitrogens with one attached hydrogen (secondary N) is 1. The number of rotatable bonds is 6. The van der Waals surface area contributed by atoms with Crippen molar-refractivity contribution in [1.29, 1.82) is 0 Å². The van der Waals surface area contributed by atoms with Gasteiger partial charge in [-0.3, -0.25) is 0 Å². The van der Waals surface area contributed by atoms with Gasteiger partial charge in [0.15, 0.2) is 4.93 Å². The summed E-state index contributed by atoms with van der Waals surface area (Å²) in [6.45, 7) is 7.24. The van der Waals surface area contributed by atoms with Gasteiger partial charge >= 0.3 is 6.09 Å². The Hall–Kier alpha value is -1.60. The summed E-state index contributed by atoms with van der Waals surface area (Å²) in [5.74, 6) is 0. The molecule has 2 rings (SSSR count). The zero-order valence-corrected chi connectivity index (χ0v) is 15.4. The minimum atomic E-state index is -3.96. The molecule has 1 aromatic rings. The molecule has 24 heavy (non-hydrogen) atoms. The molecule has 1 N–H and O–H groups in total. The van der Waals surface area contributed by atoms with Gasteiger partial charge in [-0.15, -0.1) is 0 Å². The predicted octanol–water partition coefficient (Wildman–Crippen LogP) is 3.11. The second-order valence-electron chi connectivity index (χ2n) is 6.93. The molecule has 0 atom stereocenters. The van der Waals surface area contributed by atoms with Gasteiger partial charge in [-0.05, 0) is 51.2 Å². The number of hydrogen-bond acceptors (Lipinski definition) is 5. The number of carbonyl (C=O) groups is 1. The van der Waals surface area contributed by atoms with Crippen LogP contribution in [0.4, 0.5) is 4.79 Å². The van der Waals surface area contributed by atoms with Crippen LogP contribution in [-0.4, -0.2) is 25.0 Å². The Bertz CT molecular complexity index is 702. The minimum Gasteiger partial charge on any atom is -0.443 e. The summed E-state index contributed by atoms with van der Waals surface area (Å²) in [4.78, 5) is 10.4. The van der Waals surface area contributed by atoms with Crippen molar-refractivity contribution in [1.82, 2.24) is 4.72 Å². The van der Waals surface area contributed by atoms with Crippen LogP contribution in [0.5, 0.6) is 0 Å². The Morgan fingerprint density at radius 2 is 1.79 bits per heavy atom. The molecule has 134 valence electrons. The first-order chi connectivity index (χ1) is 11.1. The molecule has 0 aliphatic heterocycles. The van der Waals surface area contributed by atoms with Gasteiger partial charge in [0.2, 0.25) is 0 Å². The summed E-state index contributed by atoms with van der Waals surface area (Å²) in [6, 6.07) is 7.75. The molecule has 0 heterocycles. The highest BCUT2D eigenvalue weighted by Gasteiger charge is 2.57. The van der Waals surface area contributed by atoms with Crippen molar-refractivity contribution < 1.29 is 22.7 Å². The second-order valence-corrected chi connectivity index (χ2v) is 8.88. The van der Waals surface area contributed by atoms with E-state index in [2.05, 4.69) is 0 Å². The fourth-order valence-corrected chi connectivity index (χ4v) is 3.65. The van der Waals surface area contributed by atoms with Crippen molar-refractivity contribution in [3.05, 3.63) is 35.4 Å². The summed E-state index contributed by atoms with van der Waals surface area (Å²) >= 11 is 0. The highest BCUT2D eigenvalue weighted by atomic mass is 32.2. The SMILES string of the molecule is CCc1ccccc1COC1(S(=O)(=O)NC(=O)OC(C)(C)C)CC1. The number of aryl methyl sites for hydroxylation is 1. The van der Waals surface area contributed by atoms with Crippen LogP contribution in [0.1, 0.15) is 51.7 Å². The number of amides is 1. The van der Waals surface area contributed by atoms with Gasteiger partial charge in [-0.25, -0.2) is 17.9 Å². The van der Waals surface area contributed by atoms with E-state index in [1.807, 2.05) is 35.9 Å². The summed E-state index contributed by atoms with van der Waals surface area (Å²) in [7, 11) is -3.96. The summed E-state index contributed by atoms with van der Waals surface area (Å²) in [5.41, 5.74) is 1.31. The molecule has 0 spiro atoms. The van der Waals surface area contributed by atoms with Gasteiger partial charge in [0, 0.05) is 0 Å². The van der Waals surface area contributed by atoms with Crippen LogP contribution in [0, 0.1) is 0 Å². The quantitative estimate of drug-likeness (QED) is 0.848. The van der Waals surface area contributed by atoms with Gasteiger partial charge in [0.05, 0.1) is 6.61 Å². The van der Waals surface area contributed by atoms with E-state index in [-0.39, 0.29) is 6.61 Å². The fourth-order valence-electron chi connectivity index (χ4n) is 2.35. The molecule has 0 aromatic heterocycles. The van der Waals surface area contributed by atoms with Crippen molar-refractivity contribution in [2.75, 3.05) is 0 Å². The lowest BCUT2D eigenvalue weighted by molar-refractivity contribution is 0.0538. The topological polar surface area (TPSA) is 81.7 Å². The summed E-state index contributed by atoms with van der Waals surface area (Å²) < 4.78 is 37.6. The van der Waals surface area contributed by atoms with Crippen LogP contribution < -0.4 is 4.72 Å². The zero-order valence-electron chi connectivity index (χ0n) is 14.6. The van der Waals surface area contributed by atoms with Crippen molar-refractivity contribution in [2.24, 2.45) is 0 Å². The van der Waals surface area contributed by atoms with Crippen LogP contribution >= 0.6 is 0 Å². The number of ether oxygens (including phenoxy) is 2. The molecule has 0 bridgehead atoms. The highest BCUT2D eigenvalue weighted by Crippen LogP contribution is 2.45. The molecule has 1 aliphatic carbocycles. The van der Waals surface area contributed by atoms with Crippen LogP contribution in [0.2, 0.25) is 0 Å². The molecule has 1 aromatic carbocycles. The Balaban J connectivity index is 2.03. The van der Waals surface area contributed by atoms with E-state index in [1.165, 1.54) is 0 Å². The van der Waals surface area contributed by atoms with Gasteiger partial charge in [-0.2, -0.15) is 0 Å². The molecular weight excluding hydrogens is 330 g/mol. The van der Waals surface area contributed by atoms with E-state index in [1.54, 1.807) is 20.8 Å². The Labute approximate surface area is 143 Å². The molecule has 6 nitrogen and oxygen atoms in total. The fraction of sp³-hybridized carbons (Fsp3) is 0.588. The first-order valence-corrected chi connectivity index (χ1v) is 9.53. The first kappa shape index (κ1) is 18.7. The molecule has 1 aliphatic rings. The highest BCUT2D eigenvalue weighted by molar-refractivity contribution is 7.91. The largest absolute Gasteiger partial charge is 0.443 e. The molecule has 0 radical (unpaired) electrons. The lowest BCUT2D eigenvalue weighted by atomic mass is 10.1. The normalized spacial score (nSPS) is 16.5. The van der Waals surface area contributed by atoms with E-state index in [0.29, 0.717) is 12.8 Å². The van der Waals surface area contributed by atoms with E-state index in [9.17, 15) is 13.2 Å². The van der Waals surface area contributed by atoms with E-state index < -0.39 is 26.7 Å². The molecular formula is C17H25NO5S. The first-order valence-electron chi connectivity index (χ1n) is 8.05. The number of carbonyl (C=O) groups excluding carboxylic acids is 1. The Morgan fingerprint density at radius 1 is 1.21 bits per heavy atom. The van der Waals surface area contributed by atoms with Crippen molar-refractivity contribution >= 4 is 16.1 Å². The van der Waals surface area contributed by atoms with Crippen molar-refractivity contribution in [3.63, 3.8) is 0 Å². The molecule has 0 unspecified atom stereocenters. The van der Waals surface area contributed by atoms with Crippen LogP contribution in [0.25, 0.3) is 0 Å². The monoisotopic (exact) mass is 355 g/mol. The number of hydrogen-bond donors (Lipinski definition) is 1. The maximum Gasteiger partial charge on any atom is 0.421 e.